The molecule has 0 unspecified atom stereocenters. The van der Waals surface area contributed by atoms with Crippen LogP contribution in [0.25, 0.3) is 11.1 Å². The zero-order valence-corrected chi connectivity index (χ0v) is 13.6. The maximum absolute atomic E-state index is 12.1. The molecule has 1 atom stereocenters. The van der Waals surface area contributed by atoms with Gasteiger partial charge < -0.3 is 9.73 Å². The van der Waals surface area contributed by atoms with E-state index in [2.05, 4.69) is 12.2 Å². The lowest BCUT2D eigenvalue weighted by atomic mass is 10.0. The Hall–Kier alpha value is -2.82. The Balaban J connectivity index is 1.56. The number of carbonyl (C=O) groups excluding carboxylic acids is 1. The summed E-state index contributed by atoms with van der Waals surface area (Å²) in [5.74, 6) is -0.260. The SMILES string of the molecule is C[C@H](CNC(=O)CCn1c(=O)oc2ccccc21)c1ccccc1. The molecule has 3 aromatic rings. The number of oxazole rings is 1. The van der Waals surface area contributed by atoms with Gasteiger partial charge in [-0.15, -0.1) is 0 Å². The third-order valence-electron chi connectivity index (χ3n) is 4.11. The van der Waals surface area contributed by atoms with E-state index in [-0.39, 0.29) is 18.2 Å². The summed E-state index contributed by atoms with van der Waals surface area (Å²) >= 11 is 0. The summed E-state index contributed by atoms with van der Waals surface area (Å²) in [6.07, 6.45) is 0.241. The van der Waals surface area contributed by atoms with Gasteiger partial charge in [0.05, 0.1) is 5.52 Å². The zero-order valence-electron chi connectivity index (χ0n) is 13.6. The minimum atomic E-state index is -0.429. The van der Waals surface area contributed by atoms with E-state index in [1.165, 1.54) is 10.1 Å². The largest absolute Gasteiger partial charge is 0.419 e. The van der Waals surface area contributed by atoms with E-state index in [1.807, 2.05) is 48.5 Å². The predicted octanol–water partition coefficient (Wildman–Crippen LogP) is 2.90. The highest BCUT2D eigenvalue weighted by Gasteiger charge is 2.11. The number of carbonyl (C=O) groups is 1. The zero-order chi connectivity index (χ0) is 16.9. The summed E-state index contributed by atoms with van der Waals surface area (Å²) in [7, 11) is 0. The quantitative estimate of drug-likeness (QED) is 0.758. The first-order valence-electron chi connectivity index (χ1n) is 8.05. The highest BCUT2D eigenvalue weighted by atomic mass is 16.4. The fraction of sp³-hybridized carbons (Fsp3) is 0.263. The van der Waals surface area contributed by atoms with Crippen molar-refractivity contribution in [2.75, 3.05) is 6.54 Å². The van der Waals surface area contributed by atoms with Gasteiger partial charge in [-0.2, -0.15) is 0 Å². The van der Waals surface area contributed by atoms with Crippen molar-refractivity contribution in [2.24, 2.45) is 0 Å². The first-order chi connectivity index (χ1) is 11.6. The number of nitrogens with zero attached hydrogens (tertiary/aromatic N) is 1. The fourth-order valence-corrected chi connectivity index (χ4v) is 2.69. The number of para-hydroxylation sites is 2. The van der Waals surface area contributed by atoms with E-state index in [0.29, 0.717) is 24.2 Å². The fourth-order valence-electron chi connectivity index (χ4n) is 2.69. The van der Waals surface area contributed by atoms with Gasteiger partial charge in [0.15, 0.2) is 5.58 Å². The number of rotatable bonds is 6. The van der Waals surface area contributed by atoms with Crippen LogP contribution in [-0.4, -0.2) is 17.0 Å². The number of aryl methyl sites for hydroxylation is 1. The first-order valence-corrected chi connectivity index (χ1v) is 8.05. The minimum Gasteiger partial charge on any atom is -0.408 e. The van der Waals surface area contributed by atoms with Crippen molar-refractivity contribution in [3.8, 4) is 0 Å². The molecule has 0 saturated heterocycles. The molecule has 0 fully saturated rings. The van der Waals surface area contributed by atoms with Crippen LogP contribution in [0.4, 0.5) is 0 Å². The molecule has 2 aromatic carbocycles. The smallest absolute Gasteiger partial charge is 0.408 e. The van der Waals surface area contributed by atoms with Crippen LogP contribution in [0.3, 0.4) is 0 Å². The normalized spacial score (nSPS) is 12.2. The number of benzene rings is 2. The van der Waals surface area contributed by atoms with Crippen LogP contribution in [0.15, 0.2) is 63.8 Å². The molecule has 0 aliphatic heterocycles. The number of hydrogen-bond donors (Lipinski definition) is 1. The van der Waals surface area contributed by atoms with Crippen molar-refractivity contribution in [2.45, 2.75) is 25.8 Å². The molecule has 1 N–H and O–H groups in total. The minimum absolute atomic E-state index is 0.0741. The highest BCUT2D eigenvalue weighted by molar-refractivity contribution is 5.76. The molecular weight excluding hydrogens is 304 g/mol. The Bertz CT molecular complexity index is 880. The molecule has 1 amide bonds. The third kappa shape index (κ3) is 3.56. The molecule has 24 heavy (non-hydrogen) atoms. The molecule has 0 spiro atoms. The Kier molecular flexibility index (Phi) is 4.79. The van der Waals surface area contributed by atoms with Gasteiger partial charge >= 0.3 is 5.76 Å². The van der Waals surface area contributed by atoms with Crippen LogP contribution in [0, 0.1) is 0 Å². The van der Waals surface area contributed by atoms with Crippen molar-refractivity contribution in [3.63, 3.8) is 0 Å². The molecule has 0 aliphatic carbocycles. The maximum Gasteiger partial charge on any atom is 0.419 e. The molecule has 124 valence electrons. The number of nitrogens with one attached hydrogen (secondary N) is 1. The van der Waals surface area contributed by atoms with Crippen molar-refractivity contribution in [1.29, 1.82) is 0 Å². The second-order valence-electron chi connectivity index (χ2n) is 5.85. The molecular formula is C19H20N2O3. The van der Waals surface area contributed by atoms with Crippen molar-refractivity contribution in [3.05, 3.63) is 70.7 Å². The van der Waals surface area contributed by atoms with Crippen LogP contribution >= 0.6 is 0 Å². The van der Waals surface area contributed by atoms with Crippen LogP contribution in [0.1, 0.15) is 24.8 Å². The molecule has 0 bridgehead atoms. The maximum atomic E-state index is 12.1. The van der Waals surface area contributed by atoms with E-state index in [1.54, 1.807) is 6.07 Å². The van der Waals surface area contributed by atoms with Crippen molar-refractivity contribution < 1.29 is 9.21 Å². The van der Waals surface area contributed by atoms with E-state index in [4.69, 9.17) is 4.42 Å². The molecule has 0 aliphatic rings. The molecule has 5 nitrogen and oxygen atoms in total. The van der Waals surface area contributed by atoms with Crippen molar-refractivity contribution >= 4 is 17.0 Å². The lowest BCUT2D eigenvalue weighted by molar-refractivity contribution is -0.121. The van der Waals surface area contributed by atoms with Gasteiger partial charge in [0, 0.05) is 19.5 Å². The van der Waals surface area contributed by atoms with Gasteiger partial charge in [-0.1, -0.05) is 49.4 Å². The third-order valence-corrected chi connectivity index (χ3v) is 4.11. The van der Waals surface area contributed by atoms with Crippen LogP contribution in [-0.2, 0) is 11.3 Å². The van der Waals surface area contributed by atoms with E-state index in [9.17, 15) is 9.59 Å². The summed E-state index contributed by atoms with van der Waals surface area (Å²) in [6.45, 7) is 2.95. The summed E-state index contributed by atoms with van der Waals surface area (Å²) in [5, 5.41) is 2.93. The molecule has 1 heterocycles. The second-order valence-corrected chi connectivity index (χ2v) is 5.85. The molecule has 5 heteroatoms. The van der Waals surface area contributed by atoms with Crippen LogP contribution in [0.5, 0.6) is 0 Å². The average molecular weight is 324 g/mol. The summed E-state index contributed by atoms with van der Waals surface area (Å²) < 4.78 is 6.66. The molecule has 1 aromatic heterocycles. The highest BCUT2D eigenvalue weighted by Crippen LogP contribution is 2.14. The number of aromatic nitrogens is 1. The Morgan fingerprint density at radius 3 is 2.62 bits per heavy atom. The van der Waals surface area contributed by atoms with Gasteiger partial charge in [0.1, 0.15) is 0 Å². The lowest BCUT2D eigenvalue weighted by Crippen LogP contribution is -2.29. The van der Waals surface area contributed by atoms with E-state index in [0.717, 1.165) is 0 Å². The van der Waals surface area contributed by atoms with E-state index >= 15 is 0 Å². The van der Waals surface area contributed by atoms with Gasteiger partial charge in [-0.05, 0) is 23.6 Å². The Morgan fingerprint density at radius 1 is 1.12 bits per heavy atom. The standard InChI is InChI=1S/C19H20N2O3/c1-14(15-7-3-2-4-8-15)13-20-18(22)11-12-21-16-9-5-6-10-17(16)24-19(21)23/h2-10,14H,11-13H2,1H3,(H,20,22)/t14-/m1/s1. The Labute approximate surface area is 139 Å². The lowest BCUT2D eigenvalue weighted by Gasteiger charge is -2.13. The predicted molar refractivity (Wildman–Crippen MR) is 93.0 cm³/mol. The van der Waals surface area contributed by atoms with E-state index < -0.39 is 5.76 Å². The molecule has 3 rings (SSSR count). The van der Waals surface area contributed by atoms with Crippen molar-refractivity contribution in [1.82, 2.24) is 9.88 Å². The van der Waals surface area contributed by atoms with Gasteiger partial charge in [0.2, 0.25) is 5.91 Å². The summed E-state index contributed by atoms with van der Waals surface area (Å²) in [5.41, 5.74) is 2.45. The molecule has 0 saturated carbocycles. The summed E-state index contributed by atoms with van der Waals surface area (Å²) in [4.78, 5) is 23.9. The molecule has 0 radical (unpaired) electrons. The van der Waals surface area contributed by atoms with Gasteiger partial charge in [-0.3, -0.25) is 9.36 Å². The van der Waals surface area contributed by atoms with Gasteiger partial charge in [-0.25, -0.2) is 4.79 Å². The number of hydrogen-bond acceptors (Lipinski definition) is 3. The monoisotopic (exact) mass is 324 g/mol. The van der Waals surface area contributed by atoms with Crippen LogP contribution < -0.4 is 11.1 Å². The summed E-state index contributed by atoms with van der Waals surface area (Å²) in [6, 6.07) is 17.3. The van der Waals surface area contributed by atoms with Crippen LogP contribution in [0.2, 0.25) is 0 Å². The first kappa shape index (κ1) is 16.1. The second kappa shape index (κ2) is 7.17. The number of fused-ring (bicyclic) bond motifs is 1. The average Bonchev–Trinajstić information content (AvgIpc) is 2.93. The Morgan fingerprint density at radius 2 is 1.83 bits per heavy atom. The topological polar surface area (TPSA) is 64.2 Å². The van der Waals surface area contributed by atoms with Gasteiger partial charge in [0.25, 0.3) is 0 Å². The number of amides is 1.